The van der Waals surface area contributed by atoms with Crippen molar-refractivity contribution in [1.82, 2.24) is 4.98 Å². The van der Waals surface area contributed by atoms with Crippen LogP contribution >= 0.6 is 0 Å². The Bertz CT molecular complexity index is 542. The van der Waals surface area contributed by atoms with Gasteiger partial charge in [-0.25, -0.2) is 0 Å². The van der Waals surface area contributed by atoms with Crippen molar-refractivity contribution in [2.75, 3.05) is 0 Å². The molecule has 0 N–H and O–H groups in total. The minimum Gasteiger partial charge on any atom is -0.299 e. The molecule has 2 nitrogen and oxygen atoms in total. The van der Waals surface area contributed by atoms with E-state index in [1.165, 1.54) is 19.3 Å². The van der Waals surface area contributed by atoms with E-state index in [1.807, 2.05) is 30.3 Å². The number of ketones is 1. The van der Waals surface area contributed by atoms with E-state index < -0.39 is 0 Å². The highest BCUT2D eigenvalue weighted by Gasteiger charge is 2.07. The fourth-order valence-electron chi connectivity index (χ4n) is 2.36. The molecule has 2 rings (SSSR count). The molecule has 1 aromatic carbocycles. The molecule has 2 aromatic rings. The summed E-state index contributed by atoms with van der Waals surface area (Å²) < 4.78 is 0. The zero-order valence-electron chi connectivity index (χ0n) is 11.6. The standard InChI is InChI=1S/C17H21NO/c1-2-3-4-5-8-15(19)13-14-11-12-18-17-10-7-6-9-16(14)17/h6-7,9-12H,2-5,8,13H2,1H3. The first-order chi connectivity index (χ1) is 9.31. The molecule has 0 aliphatic heterocycles. The average molecular weight is 255 g/mol. The van der Waals surface area contributed by atoms with E-state index in [0.29, 0.717) is 18.6 Å². The highest BCUT2D eigenvalue weighted by molar-refractivity contribution is 5.88. The second-order valence-corrected chi connectivity index (χ2v) is 5.01. The lowest BCUT2D eigenvalue weighted by Gasteiger charge is -2.05. The summed E-state index contributed by atoms with van der Waals surface area (Å²) in [4.78, 5) is 16.3. The quantitative estimate of drug-likeness (QED) is 0.690. The number of hydrogen-bond donors (Lipinski definition) is 0. The number of rotatable bonds is 7. The number of fused-ring (bicyclic) bond motifs is 1. The van der Waals surface area contributed by atoms with Crippen LogP contribution in [0.15, 0.2) is 36.5 Å². The van der Waals surface area contributed by atoms with Gasteiger partial charge >= 0.3 is 0 Å². The van der Waals surface area contributed by atoms with E-state index in [-0.39, 0.29) is 0 Å². The Morgan fingerprint density at radius 3 is 2.79 bits per heavy atom. The molecule has 0 unspecified atom stereocenters. The van der Waals surface area contributed by atoms with E-state index in [0.717, 1.165) is 22.9 Å². The third-order valence-corrected chi connectivity index (χ3v) is 3.44. The number of aromatic nitrogens is 1. The van der Waals surface area contributed by atoms with E-state index in [4.69, 9.17) is 0 Å². The molecular weight excluding hydrogens is 234 g/mol. The molecule has 0 atom stereocenters. The normalized spacial score (nSPS) is 10.8. The monoisotopic (exact) mass is 255 g/mol. The van der Waals surface area contributed by atoms with Gasteiger partial charge in [-0.05, 0) is 24.1 Å². The maximum Gasteiger partial charge on any atom is 0.137 e. The third kappa shape index (κ3) is 3.88. The van der Waals surface area contributed by atoms with Crippen molar-refractivity contribution in [3.63, 3.8) is 0 Å². The predicted molar refractivity (Wildman–Crippen MR) is 79.2 cm³/mol. The summed E-state index contributed by atoms with van der Waals surface area (Å²) in [5.74, 6) is 0.340. The number of hydrogen-bond acceptors (Lipinski definition) is 2. The first kappa shape index (κ1) is 13.7. The Kier molecular flexibility index (Phi) is 5.08. The molecule has 0 amide bonds. The van der Waals surface area contributed by atoms with Crippen LogP contribution in [-0.4, -0.2) is 10.8 Å². The van der Waals surface area contributed by atoms with Crippen molar-refractivity contribution in [2.45, 2.75) is 45.4 Å². The molecule has 0 bridgehead atoms. The second kappa shape index (κ2) is 7.03. The Balaban J connectivity index is 1.99. The van der Waals surface area contributed by atoms with Crippen LogP contribution in [0.5, 0.6) is 0 Å². The topological polar surface area (TPSA) is 30.0 Å². The Labute approximate surface area is 114 Å². The molecule has 0 aliphatic carbocycles. The van der Waals surface area contributed by atoms with Crippen molar-refractivity contribution in [1.29, 1.82) is 0 Å². The largest absolute Gasteiger partial charge is 0.299 e. The lowest BCUT2D eigenvalue weighted by atomic mass is 10.0. The summed E-state index contributed by atoms with van der Waals surface area (Å²) in [6, 6.07) is 9.98. The fraction of sp³-hybridized carbons (Fsp3) is 0.412. The van der Waals surface area contributed by atoms with E-state index >= 15 is 0 Å². The zero-order chi connectivity index (χ0) is 13.5. The van der Waals surface area contributed by atoms with Gasteiger partial charge in [0.1, 0.15) is 5.78 Å². The van der Waals surface area contributed by atoms with Crippen LogP contribution in [0, 0.1) is 0 Å². The van der Waals surface area contributed by atoms with Crippen molar-refractivity contribution in [3.8, 4) is 0 Å². The van der Waals surface area contributed by atoms with Crippen LogP contribution in [0.3, 0.4) is 0 Å². The summed E-state index contributed by atoms with van der Waals surface area (Å²) in [5.41, 5.74) is 2.07. The van der Waals surface area contributed by atoms with Crippen molar-refractivity contribution >= 4 is 16.7 Å². The molecule has 0 spiro atoms. The number of carbonyl (C=O) groups excluding carboxylic acids is 1. The van der Waals surface area contributed by atoms with E-state index in [9.17, 15) is 4.79 Å². The van der Waals surface area contributed by atoms with Crippen LogP contribution < -0.4 is 0 Å². The highest BCUT2D eigenvalue weighted by Crippen LogP contribution is 2.17. The number of benzene rings is 1. The first-order valence-corrected chi connectivity index (χ1v) is 7.15. The molecule has 0 radical (unpaired) electrons. The minimum atomic E-state index is 0.340. The van der Waals surface area contributed by atoms with Gasteiger partial charge in [0.25, 0.3) is 0 Å². The Morgan fingerprint density at radius 1 is 1.11 bits per heavy atom. The van der Waals surface area contributed by atoms with Gasteiger partial charge in [0.05, 0.1) is 5.52 Å². The van der Waals surface area contributed by atoms with Gasteiger partial charge in [-0.1, -0.05) is 44.4 Å². The lowest BCUT2D eigenvalue weighted by molar-refractivity contribution is -0.118. The molecule has 0 fully saturated rings. The van der Waals surface area contributed by atoms with Gasteiger partial charge < -0.3 is 0 Å². The smallest absolute Gasteiger partial charge is 0.137 e. The van der Waals surface area contributed by atoms with Crippen LogP contribution in [-0.2, 0) is 11.2 Å². The summed E-state index contributed by atoms with van der Waals surface area (Å²) in [7, 11) is 0. The number of pyridine rings is 1. The molecule has 0 saturated carbocycles. The number of unbranched alkanes of at least 4 members (excludes halogenated alkanes) is 3. The Morgan fingerprint density at radius 2 is 1.95 bits per heavy atom. The SMILES string of the molecule is CCCCCCC(=O)Cc1ccnc2ccccc12. The van der Waals surface area contributed by atoms with Crippen LogP contribution in [0.4, 0.5) is 0 Å². The molecule has 1 aromatic heterocycles. The maximum atomic E-state index is 12.0. The minimum absolute atomic E-state index is 0.340. The van der Waals surface area contributed by atoms with Gasteiger partial charge in [0, 0.05) is 24.4 Å². The number of para-hydroxylation sites is 1. The van der Waals surface area contributed by atoms with Gasteiger partial charge in [0.2, 0.25) is 0 Å². The van der Waals surface area contributed by atoms with Gasteiger partial charge in [-0.15, -0.1) is 0 Å². The zero-order valence-corrected chi connectivity index (χ0v) is 11.6. The highest BCUT2D eigenvalue weighted by atomic mass is 16.1. The number of carbonyl (C=O) groups is 1. The van der Waals surface area contributed by atoms with Crippen molar-refractivity contribution in [3.05, 3.63) is 42.1 Å². The van der Waals surface area contributed by atoms with Crippen molar-refractivity contribution < 1.29 is 4.79 Å². The number of Topliss-reactive ketones (excluding diaryl/α,β-unsaturated/α-hetero) is 1. The first-order valence-electron chi connectivity index (χ1n) is 7.15. The molecular formula is C17H21NO. The van der Waals surface area contributed by atoms with E-state index in [2.05, 4.69) is 11.9 Å². The summed E-state index contributed by atoms with van der Waals surface area (Å²) in [6.07, 6.45) is 7.66. The fourth-order valence-corrected chi connectivity index (χ4v) is 2.36. The summed E-state index contributed by atoms with van der Waals surface area (Å²) >= 11 is 0. The second-order valence-electron chi connectivity index (χ2n) is 5.01. The van der Waals surface area contributed by atoms with Crippen molar-refractivity contribution in [2.24, 2.45) is 0 Å². The summed E-state index contributed by atoms with van der Waals surface area (Å²) in [6.45, 7) is 2.19. The van der Waals surface area contributed by atoms with Crippen LogP contribution in [0.2, 0.25) is 0 Å². The maximum absolute atomic E-state index is 12.0. The predicted octanol–water partition coefficient (Wildman–Crippen LogP) is 4.32. The van der Waals surface area contributed by atoms with E-state index in [1.54, 1.807) is 6.20 Å². The lowest BCUT2D eigenvalue weighted by Crippen LogP contribution is -2.03. The molecule has 0 saturated heterocycles. The molecule has 19 heavy (non-hydrogen) atoms. The molecule has 100 valence electrons. The number of nitrogens with zero attached hydrogens (tertiary/aromatic N) is 1. The van der Waals surface area contributed by atoms with Gasteiger partial charge in [0.15, 0.2) is 0 Å². The molecule has 1 heterocycles. The summed E-state index contributed by atoms with van der Waals surface area (Å²) in [5, 5.41) is 1.10. The van der Waals surface area contributed by atoms with Crippen LogP contribution in [0.1, 0.15) is 44.6 Å². The van der Waals surface area contributed by atoms with Crippen LogP contribution in [0.25, 0.3) is 10.9 Å². The third-order valence-electron chi connectivity index (χ3n) is 3.44. The molecule has 0 aliphatic rings. The average Bonchev–Trinajstić information content (AvgIpc) is 2.44. The Hall–Kier alpha value is -1.70. The van der Waals surface area contributed by atoms with Gasteiger partial charge in [-0.2, -0.15) is 0 Å². The van der Waals surface area contributed by atoms with Gasteiger partial charge in [-0.3, -0.25) is 9.78 Å². The molecule has 2 heteroatoms.